The van der Waals surface area contributed by atoms with Crippen molar-refractivity contribution in [3.63, 3.8) is 0 Å². The molecule has 0 fully saturated rings. The first kappa shape index (κ1) is 4.23. The lowest BCUT2D eigenvalue weighted by atomic mass is 11.6. The van der Waals surface area contributed by atoms with Crippen molar-refractivity contribution in [3.05, 3.63) is 5.93 Å². The van der Waals surface area contributed by atoms with Crippen molar-refractivity contribution in [3.8, 4) is 0 Å². The van der Waals surface area contributed by atoms with Gasteiger partial charge in [0, 0.05) is 0 Å². The molecule has 0 spiro atoms. The molecule has 32 valence electrons. The lowest BCUT2D eigenvalue weighted by molar-refractivity contribution is 1.11. The van der Waals surface area contributed by atoms with Crippen LogP contribution in [0.15, 0.2) is 0 Å². The minimum absolute atomic E-state index is 0.628. The molecule has 4 heteroatoms. The summed E-state index contributed by atoms with van der Waals surface area (Å²) in [6.45, 7) is 0. The van der Waals surface area contributed by atoms with Gasteiger partial charge in [0.15, 0.2) is 0 Å². The Morgan fingerprint density at radius 1 is 1.83 bits per heavy atom. The van der Waals surface area contributed by atoms with Crippen molar-refractivity contribution in [2.45, 2.75) is 0 Å². The Labute approximate surface area is 39.7 Å². The molecule has 0 saturated heterocycles. The SMILES string of the molecule is [PH3+]c1nn[c-][pH]1. The third-order valence-corrected chi connectivity index (χ3v) is 1.69. The molecular formula is C2H4N2P2. The maximum absolute atomic E-state index is 3.69. The van der Waals surface area contributed by atoms with Gasteiger partial charge in [-0.25, -0.2) is 13.3 Å². The summed E-state index contributed by atoms with van der Waals surface area (Å²) in [5.41, 5.74) is 0. The van der Waals surface area contributed by atoms with Gasteiger partial charge in [0.25, 0.3) is 0 Å². The molecule has 1 heterocycles. The van der Waals surface area contributed by atoms with E-state index in [2.05, 4.69) is 16.1 Å². The molecular weight excluding hydrogens is 114 g/mol. The fraction of sp³-hybridized carbons (Fsp3) is 0. The summed E-state index contributed by atoms with van der Waals surface area (Å²) in [6.07, 6.45) is 0. The fourth-order valence-corrected chi connectivity index (χ4v) is 0.837. The van der Waals surface area contributed by atoms with Crippen LogP contribution < -0.4 is 5.17 Å². The van der Waals surface area contributed by atoms with Crippen molar-refractivity contribution in [1.29, 1.82) is 0 Å². The second-order valence-electron chi connectivity index (χ2n) is 0.883. The van der Waals surface area contributed by atoms with E-state index >= 15 is 0 Å². The highest BCUT2D eigenvalue weighted by Crippen LogP contribution is 1.94. The molecule has 0 N–H and O–H groups in total. The van der Waals surface area contributed by atoms with Gasteiger partial charge in [-0.3, -0.25) is 5.10 Å². The van der Waals surface area contributed by atoms with Crippen LogP contribution in [0.4, 0.5) is 0 Å². The smallest absolute Gasteiger partial charge is 0.0667 e. The Balaban J connectivity index is 3.05. The minimum atomic E-state index is 0.628. The second kappa shape index (κ2) is 1.68. The zero-order valence-electron chi connectivity index (χ0n) is 3.10. The Hall–Kier alpha value is 0.0700. The Morgan fingerprint density at radius 2 is 2.67 bits per heavy atom. The van der Waals surface area contributed by atoms with Crippen LogP contribution in [0.2, 0.25) is 0 Å². The molecule has 0 aliphatic carbocycles. The van der Waals surface area contributed by atoms with Gasteiger partial charge in [-0.15, -0.1) is 0 Å². The van der Waals surface area contributed by atoms with E-state index in [1.165, 1.54) is 0 Å². The largest absolute Gasteiger partial charge is 0.277 e. The predicted octanol–water partition coefficient (Wildman–Crippen LogP) is -0.459. The van der Waals surface area contributed by atoms with Gasteiger partial charge in [0.05, 0.1) is 5.17 Å². The van der Waals surface area contributed by atoms with Gasteiger partial charge in [-0.05, 0) is 9.24 Å². The lowest BCUT2D eigenvalue weighted by Crippen LogP contribution is -1.81. The lowest BCUT2D eigenvalue weighted by Gasteiger charge is -1.69. The highest BCUT2D eigenvalue weighted by atomic mass is 31.1. The number of rotatable bonds is 0. The molecule has 0 amide bonds. The van der Waals surface area contributed by atoms with Crippen LogP contribution in [-0.4, -0.2) is 10.2 Å². The summed E-state index contributed by atoms with van der Waals surface area (Å²) >= 11 is 0. The van der Waals surface area contributed by atoms with Gasteiger partial charge >= 0.3 is 0 Å². The van der Waals surface area contributed by atoms with Crippen LogP contribution in [0.1, 0.15) is 0 Å². The molecule has 0 aliphatic heterocycles. The third-order valence-electron chi connectivity index (χ3n) is 0.421. The highest BCUT2D eigenvalue weighted by Gasteiger charge is 1.69. The summed E-state index contributed by atoms with van der Waals surface area (Å²) in [5, 5.41) is 8.32. The van der Waals surface area contributed by atoms with Crippen molar-refractivity contribution in [2.75, 3.05) is 0 Å². The second-order valence-corrected chi connectivity index (χ2v) is 3.31. The van der Waals surface area contributed by atoms with Gasteiger partial charge in [0.1, 0.15) is 0 Å². The molecule has 1 aromatic heterocycles. The normalized spacial score (nSPS) is 10.7. The summed E-state index contributed by atoms with van der Waals surface area (Å²) in [4.78, 5) is 0. The molecule has 0 aromatic carbocycles. The zero-order valence-corrected chi connectivity index (χ0v) is 5.52. The van der Waals surface area contributed by atoms with E-state index in [-0.39, 0.29) is 0 Å². The molecule has 6 heavy (non-hydrogen) atoms. The molecule has 2 unspecified atom stereocenters. The van der Waals surface area contributed by atoms with Crippen molar-refractivity contribution in [2.24, 2.45) is 0 Å². The molecule has 2 atom stereocenters. The average Bonchev–Trinajstić information content (AvgIpc) is 1.86. The van der Waals surface area contributed by atoms with Crippen molar-refractivity contribution < 1.29 is 0 Å². The first-order valence-electron chi connectivity index (χ1n) is 1.50. The topological polar surface area (TPSA) is 25.8 Å². The summed E-state index contributed by atoms with van der Waals surface area (Å²) < 4.78 is 0. The van der Waals surface area contributed by atoms with Crippen LogP contribution in [0.5, 0.6) is 0 Å². The minimum Gasteiger partial charge on any atom is -0.277 e. The summed E-state index contributed by atoms with van der Waals surface area (Å²) in [5.74, 6) is 2.73. The number of aromatic nitrogens is 2. The first-order valence-corrected chi connectivity index (χ1v) is 3.21. The van der Waals surface area contributed by atoms with E-state index in [9.17, 15) is 0 Å². The molecule has 0 aliphatic rings. The highest BCUT2D eigenvalue weighted by molar-refractivity contribution is 7.50. The number of hydrogen-bond donors (Lipinski definition) is 0. The monoisotopic (exact) mass is 118 g/mol. The Morgan fingerprint density at radius 3 is 2.83 bits per heavy atom. The third kappa shape index (κ3) is 0.767. The van der Waals surface area contributed by atoms with E-state index in [1.807, 2.05) is 0 Å². The van der Waals surface area contributed by atoms with Gasteiger partial charge < -0.3 is 0 Å². The standard InChI is InChI=1S/C2H3N2P2/c5-2-4-3-1-6-2/h6H,5H2/q-1/p+1. The van der Waals surface area contributed by atoms with Crippen molar-refractivity contribution in [1.82, 2.24) is 10.2 Å². The van der Waals surface area contributed by atoms with E-state index in [4.69, 9.17) is 0 Å². The number of nitrogens with zero attached hydrogens (tertiary/aromatic N) is 2. The zero-order chi connectivity index (χ0) is 4.41. The summed E-state index contributed by atoms with van der Waals surface area (Å²) in [6, 6.07) is 0. The van der Waals surface area contributed by atoms with Gasteiger partial charge in [-0.1, -0.05) is 5.93 Å². The van der Waals surface area contributed by atoms with E-state index in [0.717, 1.165) is 5.17 Å². The first-order chi connectivity index (χ1) is 2.89. The maximum Gasteiger partial charge on any atom is 0.0667 e. The fourth-order valence-electron chi connectivity index (χ4n) is 0.200. The van der Waals surface area contributed by atoms with E-state index in [1.54, 1.807) is 9.24 Å². The number of hydrogen-bond acceptors (Lipinski definition) is 2. The summed E-state index contributed by atoms with van der Waals surface area (Å²) in [7, 11) is 2.40. The van der Waals surface area contributed by atoms with Gasteiger partial charge in [0.2, 0.25) is 0 Å². The van der Waals surface area contributed by atoms with E-state index < -0.39 is 0 Å². The molecule has 1 rings (SSSR count). The quantitative estimate of drug-likeness (QED) is 0.340. The molecule has 0 saturated carbocycles. The molecule has 0 radical (unpaired) electrons. The predicted molar refractivity (Wildman–Crippen MR) is 31.1 cm³/mol. The van der Waals surface area contributed by atoms with Crippen molar-refractivity contribution >= 4 is 22.6 Å². The van der Waals surface area contributed by atoms with Crippen LogP contribution in [0.25, 0.3) is 0 Å². The maximum atomic E-state index is 3.69. The average molecular weight is 118 g/mol. The molecule has 0 bridgehead atoms. The molecule has 1 aromatic rings. The Kier molecular flexibility index (Phi) is 1.19. The van der Waals surface area contributed by atoms with Crippen LogP contribution >= 0.6 is 17.4 Å². The molecule has 2 nitrogen and oxygen atoms in total. The van der Waals surface area contributed by atoms with Crippen LogP contribution in [-0.2, 0) is 0 Å². The van der Waals surface area contributed by atoms with E-state index in [0.29, 0.717) is 8.19 Å². The Bertz CT molecular complexity index is 113. The van der Waals surface area contributed by atoms with Crippen LogP contribution in [0, 0.1) is 5.93 Å². The van der Waals surface area contributed by atoms with Crippen LogP contribution in [0.3, 0.4) is 0 Å². The van der Waals surface area contributed by atoms with Gasteiger partial charge in [-0.2, -0.15) is 0 Å².